The highest BCUT2D eigenvalue weighted by atomic mass is 35.5. The van der Waals surface area contributed by atoms with Gasteiger partial charge in [-0.2, -0.15) is 4.31 Å². The molecular formula is C21H29ClN2O4S. The molecule has 4 heterocycles. The smallest absolute Gasteiger partial charge is 0.231 e. The van der Waals surface area contributed by atoms with Crippen LogP contribution in [0.1, 0.15) is 49.3 Å². The van der Waals surface area contributed by atoms with Crippen molar-refractivity contribution in [3.8, 4) is 11.5 Å². The van der Waals surface area contributed by atoms with E-state index in [1.807, 2.05) is 4.31 Å². The van der Waals surface area contributed by atoms with Crippen LogP contribution < -0.4 is 9.47 Å². The minimum absolute atomic E-state index is 0.0994. The van der Waals surface area contributed by atoms with Crippen LogP contribution in [0.2, 0.25) is 0 Å². The molecular weight excluding hydrogens is 412 g/mol. The molecule has 0 unspecified atom stereocenters. The Balaban J connectivity index is 1.41. The first-order chi connectivity index (χ1) is 14.1. The lowest BCUT2D eigenvalue weighted by molar-refractivity contribution is 0.0219. The third-order valence-corrected chi connectivity index (χ3v) is 9.29. The highest BCUT2D eigenvalue weighted by Gasteiger charge is 2.46. The summed E-state index contributed by atoms with van der Waals surface area (Å²) in [6.07, 6.45) is 5.35. The van der Waals surface area contributed by atoms with E-state index in [1.54, 1.807) is 0 Å². The van der Waals surface area contributed by atoms with Gasteiger partial charge in [0.25, 0.3) is 0 Å². The van der Waals surface area contributed by atoms with E-state index in [9.17, 15) is 8.42 Å². The van der Waals surface area contributed by atoms with Gasteiger partial charge in [0.05, 0.1) is 5.75 Å². The average Bonchev–Trinajstić information content (AvgIpc) is 3.18. The zero-order chi connectivity index (χ0) is 20.0. The van der Waals surface area contributed by atoms with Crippen molar-refractivity contribution in [2.24, 2.45) is 5.92 Å². The first kappa shape index (κ1) is 19.9. The van der Waals surface area contributed by atoms with Gasteiger partial charge in [0, 0.05) is 37.6 Å². The summed E-state index contributed by atoms with van der Waals surface area (Å²) >= 11 is 5.76. The van der Waals surface area contributed by atoms with Gasteiger partial charge < -0.3 is 9.47 Å². The number of alkyl halides is 1. The third-order valence-electron chi connectivity index (χ3n) is 7.05. The number of unbranched alkanes of at least 4 members (excludes halogenated alkanes) is 1. The second kappa shape index (κ2) is 7.91. The van der Waals surface area contributed by atoms with Crippen LogP contribution in [0.5, 0.6) is 11.5 Å². The molecule has 0 N–H and O–H groups in total. The van der Waals surface area contributed by atoms with E-state index < -0.39 is 10.0 Å². The van der Waals surface area contributed by atoms with Gasteiger partial charge in [0.2, 0.25) is 16.8 Å². The Morgan fingerprint density at radius 2 is 1.97 bits per heavy atom. The number of piperidine rings is 2. The zero-order valence-electron chi connectivity index (χ0n) is 16.7. The van der Waals surface area contributed by atoms with Crippen LogP contribution in [0.3, 0.4) is 0 Å². The van der Waals surface area contributed by atoms with Crippen molar-refractivity contribution in [3.63, 3.8) is 0 Å². The monoisotopic (exact) mass is 440 g/mol. The highest BCUT2D eigenvalue weighted by Crippen LogP contribution is 2.46. The van der Waals surface area contributed by atoms with Gasteiger partial charge in [0.1, 0.15) is 0 Å². The molecule has 8 heteroatoms. The van der Waals surface area contributed by atoms with Crippen molar-refractivity contribution < 1.29 is 17.9 Å². The van der Waals surface area contributed by atoms with Gasteiger partial charge in [0.15, 0.2) is 11.5 Å². The molecule has 2 fully saturated rings. The van der Waals surface area contributed by atoms with E-state index in [1.165, 1.54) is 11.1 Å². The molecule has 3 atom stereocenters. The summed E-state index contributed by atoms with van der Waals surface area (Å²) in [6, 6.07) is 4.62. The lowest BCUT2D eigenvalue weighted by atomic mass is 9.77. The number of hydrogen-bond acceptors (Lipinski definition) is 5. The van der Waals surface area contributed by atoms with Gasteiger partial charge in [-0.3, -0.25) is 4.90 Å². The summed E-state index contributed by atoms with van der Waals surface area (Å²) in [6.45, 7) is 2.95. The molecule has 160 valence electrons. The maximum Gasteiger partial charge on any atom is 0.231 e. The summed E-state index contributed by atoms with van der Waals surface area (Å²) in [5.74, 6) is 2.82. The predicted molar refractivity (Wildman–Crippen MR) is 112 cm³/mol. The van der Waals surface area contributed by atoms with E-state index in [0.29, 0.717) is 24.8 Å². The number of ether oxygens (including phenoxy) is 2. The molecule has 0 saturated carbocycles. The fraction of sp³-hybridized carbons (Fsp3) is 0.714. The Bertz CT molecular complexity index is 878. The number of nitrogens with zero attached hydrogens (tertiary/aromatic N) is 2. The molecule has 0 amide bonds. The molecule has 29 heavy (non-hydrogen) atoms. The van der Waals surface area contributed by atoms with Crippen LogP contribution in [0.15, 0.2) is 12.1 Å². The molecule has 4 aliphatic heterocycles. The molecule has 0 aromatic heterocycles. The maximum absolute atomic E-state index is 13.1. The normalized spacial score (nSPS) is 29.2. The van der Waals surface area contributed by atoms with Gasteiger partial charge in [-0.25, -0.2) is 8.42 Å². The van der Waals surface area contributed by atoms with Crippen LogP contribution in [0.25, 0.3) is 0 Å². The van der Waals surface area contributed by atoms with Crippen molar-refractivity contribution in [2.45, 2.75) is 50.6 Å². The number of halogens is 1. The highest BCUT2D eigenvalue weighted by molar-refractivity contribution is 7.89. The molecule has 1 aromatic carbocycles. The fourth-order valence-corrected chi connectivity index (χ4v) is 7.71. The van der Waals surface area contributed by atoms with Crippen LogP contribution >= 0.6 is 11.6 Å². The van der Waals surface area contributed by atoms with Gasteiger partial charge in [-0.15, -0.1) is 11.6 Å². The number of hydrogen-bond donors (Lipinski definition) is 0. The molecule has 0 spiro atoms. The van der Waals surface area contributed by atoms with Crippen LogP contribution in [-0.4, -0.2) is 61.7 Å². The Labute approximate surface area is 178 Å². The van der Waals surface area contributed by atoms with Gasteiger partial charge in [-0.1, -0.05) is 0 Å². The largest absolute Gasteiger partial charge is 0.454 e. The summed E-state index contributed by atoms with van der Waals surface area (Å²) < 4.78 is 39.2. The van der Waals surface area contributed by atoms with Crippen LogP contribution in [0, 0.1) is 5.92 Å². The lowest BCUT2D eigenvalue weighted by Crippen LogP contribution is -2.57. The summed E-state index contributed by atoms with van der Waals surface area (Å²) in [4.78, 5) is 2.56. The van der Waals surface area contributed by atoms with Crippen molar-refractivity contribution in [2.75, 3.05) is 38.1 Å². The molecule has 0 bridgehead atoms. The Morgan fingerprint density at radius 1 is 1.14 bits per heavy atom. The third kappa shape index (κ3) is 3.64. The Hall–Kier alpha value is -1.02. The number of rotatable bonds is 5. The van der Waals surface area contributed by atoms with Crippen molar-refractivity contribution in [3.05, 3.63) is 23.3 Å². The molecule has 4 aliphatic rings. The van der Waals surface area contributed by atoms with E-state index in [4.69, 9.17) is 21.1 Å². The van der Waals surface area contributed by atoms with E-state index >= 15 is 0 Å². The zero-order valence-corrected chi connectivity index (χ0v) is 18.3. The van der Waals surface area contributed by atoms with Crippen LogP contribution in [-0.2, 0) is 16.4 Å². The SMILES string of the molecule is O=S(=O)(CCCCCl)N1CCC[C@H]2CN3CCc4cc5c(cc4[C@@H]3C[C@H]21)OCO5. The van der Waals surface area contributed by atoms with E-state index in [0.717, 1.165) is 56.7 Å². The summed E-state index contributed by atoms with van der Waals surface area (Å²) in [5, 5.41) is 0. The molecule has 5 rings (SSSR count). The van der Waals surface area contributed by atoms with Gasteiger partial charge >= 0.3 is 0 Å². The predicted octanol–water partition coefficient (Wildman–Crippen LogP) is 3.15. The molecule has 0 radical (unpaired) electrons. The number of fused-ring (bicyclic) bond motifs is 5. The Morgan fingerprint density at radius 3 is 2.79 bits per heavy atom. The first-order valence-corrected chi connectivity index (χ1v) is 12.9. The first-order valence-electron chi connectivity index (χ1n) is 10.8. The minimum Gasteiger partial charge on any atom is -0.454 e. The quantitative estimate of drug-likeness (QED) is 0.520. The summed E-state index contributed by atoms with van der Waals surface area (Å²) in [7, 11) is -3.24. The van der Waals surface area contributed by atoms with Crippen molar-refractivity contribution >= 4 is 21.6 Å². The molecule has 2 saturated heterocycles. The topological polar surface area (TPSA) is 59.1 Å². The van der Waals surface area contributed by atoms with E-state index in [-0.39, 0.29) is 24.6 Å². The number of sulfonamides is 1. The average molecular weight is 441 g/mol. The molecule has 0 aliphatic carbocycles. The van der Waals surface area contributed by atoms with Crippen LogP contribution in [0.4, 0.5) is 0 Å². The minimum atomic E-state index is -3.24. The number of benzene rings is 1. The second-order valence-corrected chi connectivity index (χ2v) is 11.1. The second-order valence-electron chi connectivity index (χ2n) is 8.69. The molecule has 1 aromatic rings. The van der Waals surface area contributed by atoms with Gasteiger partial charge in [-0.05, 0) is 67.7 Å². The standard InChI is InChI=1S/C21H29ClN2O4S/c22-6-1-2-9-29(25,26)24-7-3-4-16-13-23-8-5-15-10-20-21(28-14-27-20)11-17(15)19(23)12-18(16)24/h10-11,16,18-19H,1-9,12-14H2/t16-,18+,19-/m0/s1. The fourth-order valence-electron chi connectivity index (χ4n) is 5.63. The molecule has 6 nitrogen and oxygen atoms in total. The van der Waals surface area contributed by atoms with Crippen molar-refractivity contribution in [1.82, 2.24) is 9.21 Å². The van der Waals surface area contributed by atoms with Crippen molar-refractivity contribution in [1.29, 1.82) is 0 Å². The summed E-state index contributed by atoms with van der Waals surface area (Å²) in [5.41, 5.74) is 2.62. The van der Waals surface area contributed by atoms with E-state index in [2.05, 4.69) is 17.0 Å². The lowest BCUT2D eigenvalue weighted by Gasteiger charge is -2.51. The maximum atomic E-state index is 13.1. The Kier molecular flexibility index (Phi) is 5.43.